The van der Waals surface area contributed by atoms with Gasteiger partial charge in [0.25, 0.3) is 5.91 Å². The molecular formula is C15H18N6O2S. The molecule has 8 nitrogen and oxygen atoms in total. The predicted molar refractivity (Wildman–Crippen MR) is 86.2 cm³/mol. The lowest BCUT2D eigenvalue weighted by atomic mass is 10.0. The van der Waals surface area contributed by atoms with Crippen LogP contribution in [0.15, 0.2) is 11.7 Å². The molecule has 0 spiro atoms. The smallest absolute Gasteiger partial charge is 0.293 e. The van der Waals surface area contributed by atoms with Gasteiger partial charge in [-0.2, -0.15) is 0 Å². The van der Waals surface area contributed by atoms with E-state index in [-0.39, 0.29) is 29.5 Å². The van der Waals surface area contributed by atoms with Gasteiger partial charge in [-0.05, 0) is 6.92 Å². The highest BCUT2D eigenvalue weighted by Gasteiger charge is 2.47. The zero-order valence-corrected chi connectivity index (χ0v) is 14.4. The maximum Gasteiger partial charge on any atom is 0.293 e. The van der Waals surface area contributed by atoms with Crippen molar-refractivity contribution in [2.45, 2.75) is 13.5 Å². The molecule has 24 heavy (non-hydrogen) atoms. The number of likely N-dealkylation sites (tertiary alicyclic amines) is 2. The lowest BCUT2D eigenvalue weighted by molar-refractivity contribution is -0.131. The van der Waals surface area contributed by atoms with Gasteiger partial charge < -0.3 is 9.80 Å². The van der Waals surface area contributed by atoms with Crippen LogP contribution in [0, 0.1) is 18.8 Å². The van der Waals surface area contributed by atoms with Crippen LogP contribution in [0.5, 0.6) is 0 Å². The van der Waals surface area contributed by atoms with Gasteiger partial charge in [-0.15, -0.1) is 16.4 Å². The van der Waals surface area contributed by atoms with E-state index >= 15 is 0 Å². The molecule has 4 heterocycles. The van der Waals surface area contributed by atoms with Crippen LogP contribution in [0.25, 0.3) is 0 Å². The summed E-state index contributed by atoms with van der Waals surface area (Å²) in [4.78, 5) is 37.1. The Kier molecular flexibility index (Phi) is 3.60. The van der Waals surface area contributed by atoms with Crippen molar-refractivity contribution in [1.29, 1.82) is 0 Å². The minimum atomic E-state index is -0.195. The first-order valence-corrected chi connectivity index (χ1v) is 8.74. The van der Waals surface area contributed by atoms with Gasteiger partial charge in [-0.3, -0.25) is 14.3 Å². The zero-order valence-electron chi connectivity index (χ0n) is 13.5. The van der Waals surface area contributed by atoms with Crippen LogP contribution >= 0.6 is 11.3 Å². The molecule has 0 saturated carbocycles. The van der Waals surface area contributed by atoms with Crippen molar-refractivity contribution < 1.29 is 9.59 Å². The normalized spacial score (nSPS) is 23.2. The summed E-state index contributed by atoms with van der Waals surface area (Å²) in [5.41, 5.74) is 0.941. The van der Waals surface area contributed by atoms with Crippen LogP contribution in [0.4, 0.5) is 0 Å². The highest BCUT2D eigenvalue weighted by atomic mass is 32.1. The molecule has 0 aromatic carbocycles. The summed E-state index contributed by atoms with van der Waals surface area (Å²) < 4.78 is 1.51. The highest BCUT2D eigenvalue weighted by Crippen LogP contribution is 2.33. The zero-order chi connectivity index (χ0) is 16.8. The maximum atomic E-state index is 12.6. The lowest BCUT2D eigenvalue weighted by Gasteiger charge is -2.20. The third-order valence-corrected chi connectivity index (χ3v) is 5.44. The predicted octanol–water partition coefficient (Wildman–Crippen LogP) is 0.311. The molecule has 2 atom stereocenters. The first kappa shape index (κ1) is 15.3. The van der Waals surface area contributed by atoms with Gasteiger partial charge in [0.15, 0.2) is 0 Å². The number of thiazole rings is 1. The molecule has 2 aromatic heterocycles. The van der Waals surface area contributed by atoms with Crippen molar-refractivity contribution in [1.82, 2.24) is 29.5 Å². The summed E-state index contributed by atoms with van der Waals surface area (Å²) >= 11 is 1.60. The first-order valence-electron chi connectivity index (χ1n) is 7.86. The second-order valence-electron chi connectivity index (χ2n) is 6.40. The number of hydrogen-bond acceptors (Lipinski definition) is 6. The number of carbonyl (C=O) groups excluding carboxylic acids is 2. The minimum absolute atomic E-state index is 0.114. The monoisotopic (exact) mass is 346 g/mol. The number of hydrogen-bond donors (Lipinski definition) is 0. The molecule has 0 unspecified atom stereocenters. The van der Waals surface area contributed by atoms with Gasteiger partial charge in [0.05, 0.1) is 23.2 Å². The molecule has 0 radical (unpaired) electrons. The fourth-order valence-corrected chi connectivity index (χ4v) is 4.11. The van der Waals surface area contributed by atoms with Gasteiger partial charge in [-0.25, -0.2) is 9.97 Å². The fraction of sp³-hybridized carbons (Fsp3) is 0.533. The van der Waals surface area contributed by atoms with Crippen molar-refractivity contribution >= 4 is 23.2 Å². The molecule has 2 aliphatic rings. The van der Waals surface area contributed by atoms with E-state index in [4.69, 9.17) is 0 Å². The molecule has 4 rings (SSSR count). The minimum Gasteiger partial charge on any atom is -0.336 e. The molecule has 2 fully saturated rings. The molecule has 2 amide bonds. The van der Waals surface area contributed by atoms with Crippen LogP contribution in [-0.2, 0) is 18.4 Å². The van der Waals surface area contributed by atoms with E-state index in [2.05, 4.69) is 15.1 Å². The maximum absolute atomic E-state index is 12.6. The van der Waals surface area contributed by atoms with Crippen molar-refractivity contribution in [2.75, 3.05) is 19.6 Å². The number of fused-ring (bicyclic) bond motifs is 1. The summed E-state index contributed by atoms with van der Waals surface area (Å²) in [6, 6.07) is 0. The molecule has 0 aliphatic carbocycles. The summed E-state index contributed by atoms with van der Waals surface area (Å²) in [5.74, 6) is 0.191. The lowest BCUT2D eigenvalue weighted by Crippen LogP contribution is -2.36. The number of aromatic nitrogens is 4. The van der Waals surface area contributed by atoms with Crippen molar-refractivity contribution in [3.05, 3.63) is 28.2 Å². The summed E-state index contributed by atoms with van der Waals surface area (Å²) in [6.07, 6.45) is 1.51. The number of aryl methyl sites for hydroxylation is 2. The third kappa shape index (κ3) is 2.58. The van der Waals surface area contributed by atoms with Crippen molar-refractivity contribution in [3.63, 3.8) is 0 Å². The molecular weight excluding hydrogens is 328 g/mol. The van der Waals surface area contributed by atoms with Crippen molar-refractivity contribution in [2.24, 2.45) is 18.9 Å². The average Bonchev–Trinajstić information content (AvgIpc) is 3.29. The summed E-state index contributed by atoms with van der Waals surface area (Å²) in [6.45, 7) is 4.24. The van der Waals surface area contributed by atoms with Gasteiger partial charge in [0, 0.05) is 38.0 Å². The Labute approximate surface area is 143 Å². The average molecular weight is 346 g/mol. The highest BCUT2D eigenvalue weighted by molar-refractivity contribution is 7.09. The third-order valence-electron chi connectivity index (χ3n) is 4.62. The van der Waals surface area contributed by atoms with E-state index in [1.54, 1.807) is 23.3 Å². The van der Waals surface area contributed by atoms with Gasteiger partial charge >= 0.3 is 0 Å². The standard InChI is InChI=1S/C15H18N6O2S/c1-9-17-11(7-24-9)5-20-3-10-4-21(6-12(10)14(20)22)15(23)13-16-8-19(2)18-13/h7-8,10,12H,3-6H2,1-2H3/t10-,12+/m1/s1. The molecule has 0 bridgehead atoms. The Morgan fingerprint density at radius 2 is 2.21 bits per heavy atom. The second-order valence-corrected chi connectivity index (χ2v) is 7.46. The SMILES string of the molecule is Cc1nc(CN2C[C@@H]3CN(C(=O)c4ncn(C)n4)C[C@@H]3C2=O)cs1. The number of amides is 2. The second kappa shape index (κ2) is 5.66. The fourth-order valence-electron chi connectivity index (χ4n) is 3.51. The molecule has 2 aliphatic heterocycles. The van der Waals surface area contributed by atoms with E-state index in [9.17, 15) is 9.59 Å². The van der Waals surface area contributed by atoms with Crippen LogP contribution in [0.2, 0.25) is 0 Å². The Morgan fingerprint density at radius 1 is 1.38 bits per heavy atom. The largest absolute Gasteiger partial charge is 0.336 e. The molecule has 2 saturated heterocycles. The van der Waals surface area contributed by atoms with E-state index < -0.39 is 0 Å². The molecule has 9 heteroatoms. The first-order chi connectivity index (χ1) is 11.5. The molecule has 126 valence electrons. The number of rotatable bonds is 3. The Bertz CT molecular complexity index is 799. The summed E-state index contributed by atoms with van der Waals surface area (Å²) in [7, 11) is 1.73. The van der Waals surface area contributed by atoms with Gasteiger partial charge in [-0.1, -0.05) is 0 Å². The van der Waals surface area contributed by atoms with E-state index in [0.29, 0.717) is 26.2 Å². The number of nitrogens with zero attached hydrogens (tertiary/aromatic N) is 6. The van der Waals surface area contributed by atoms with Crippen LogP contribution in [0.3, 0.4) is 0 Å². The van der Waals surface area contributed by atoms with Crippen LogP contribution < -0.4 is 0 Å². The Hall–Kier alpha value is -2.29. The van der Waals surface area contributed by atoms with E-state index in [1.165, 1.54) is 11.0 Å². The van der Waals surface area contributed by atoms with Gasteiger partial charge in [0.1, 0.15) is 6.33 Å². The topological polar surface area (TPSA) is 84.2 Å². The molecule has 2 aromatic rings. The van der Waals surface area contributed by atoms with Gasteiger partial charge in [0.2, 0.25) is 11.7 Å². The molecule has 0 N–H and O–H groups in total. The Balaban J connectivity index is 1.41. The quantitative estimate of drug-likeness (QED) is 0.799. The van der Waals surface area contributed by atoms with Crippen LogP contribution in [-0.4, -0.2) is 61.0 Å². The summed E-state index contributed by atoms with van der Waals surface area (Å²) in [5, 5.41) is 7.06. The van der Waals surface area contributed by atoms with E-state index in [0.717, 1.165) is 10.7 Å². The van der Waals surface area contributed by atoms with Crippen LogP contribution in [0.1, 0.15) is 21.3 Å². The van der Waals surface area contributed by atoms with E-state index in [1.807, 2.05) is 17.2 Å². The van der Waals surface area contributed by atoms with Crippen molar-refractivity contribution in [3.8, 4) is 0 Å². The number of carbonyl (C=O) groups is 2. The Morgan fingerprint density at radius 3 is 2.83 bits per heavy atom.